The maximum atomic E-state index is 12.2. The Balaban J connectivity index is 3.00. The number of nitro benzene ring substituents is 1. The Morgan fingerprint density at radius 2 is 1.94 bits per heavy atom. The molecular formula is C11H9F2NO4. The van der Waals surface area contributed by atoms with E-state index in [1.54, 1.807) is 0 Å². The van der Waals surface area contributed by atoms with Crippen molar-refractivity contribution in [2.75, 3.05) is 0 Å². The monoisotopic (exact) mass is 257 g/mol. The SMILES string of the molecule is CC(C(=O)c1cccc([N+](=O)[O-])c1)C(=O)C(F)F. The third kappa shape index (κ3) is 2.93. The van der Waals surface area contributed by atoms with E-state index in [9.17, 15) is 28.5 Å². The number of hydrogen-bond donors (Lipinski definition) is 0. The molecule has 0 aliphatic rings. The number of nitro groups is 1. The first-order valence-electron chi connectivity index (χ1n) is 4.95. The fraction of sp³-hybridized carbons (Fsp3) is 0.273. The molecular weight excluding hydrogens is 248 g/mol. The van der Waals surface area contributed by atoms with Crippen LogP contribution < -0.4 is 0 Å². The lowest BCUT2D eigenvalue weighted by Crippen LogP contribution is -2.26. The van der Waals surface area contributed by atoms with E-state index in [1.807, 2.05) is 0 Å². The first kappa shape index (κ1) is 13.9. The van der Waals surface area contributed by atoms with Crippen LogP contribution in [0, 0.1) is 16.0 Å². The maximum Gasteiger partial charge on any atom is 0.296 e. The number of rotatable bonds is 5. The van der Waals surface area contributed by atoms with Crippen molar-refractivity contribution in [1.82, 2.24) is 0 Å². The molecule has 0 spiro atoms. The maximum absolute atomic E-state index is 12.2. The van der Waals surface area contributed by atoms with Gasteiger partial charge in [-0.25, -0.2) is 8.78 Å². The molecule has 1 aromatic rings. The molecule has 1 aromatic carbocycles. The number of hydrogen-bond acceptors (Lipinski definition) is 4. The third-order valence-electron chi connectivity index (χ3n) is 2.38. The van der Waals surface area contributed by atoms with Crippen molar-refractivity contribution < 1.29 is 23.3 Å². The van der Waals surface area contributed by atoms with Crippen LogP contribution in [0.25, 0.3) is 0 Å². The van der Waals surface area contributed by atoms with Gasteiger partial charge in [0.15, 0.2) is 5.78 Å². The number of nitrogens with zero attached hydrogens (tertiary/aromatic N) is 1. The minimum atomic E-state index is -3.23. The predicted molar refractivity (Wildman–Crippen MR) is 57.6 cm³/mol. The van der Waals surface area contributed by atoms with E-state index in [0.29, 0.717) is 0 Å². The summed E-state index contributed by atoms with van der Waals surface area (Å²) in [5.41, 5.74) is -0.469. The fourth-order valence-corrected chi connectivity index (χ4v) is 1.34. The lowest BCUT2D eigenvalue weighted by molar-refractivity contribution is -0.384. The Morgan fingerprint density at radius 3 is 2.44 bits per heavy atom. The summed E-state index contributed by atoms with van der Waals surface area (Å²) < 4.78 is 24.3. The standard InChI is InChI=1S/C11H9F2NO4/c1-6(10(16)11(12)13)9(15)7-3-2-4-8(5-7)14(17)18/h2-6,11H,1H3. The average molecular weight is 257 g/mol. The normalized spacial score (nSPS) is 12.2. The summed E-state index contributed by atoms with van der Waals surface area (Å²) in [7, 11) is 0. The number of carbonyl (C=O) groups excluding carboxylic acids is 2. The van der Waals surface area contributed by atoms with Crippen molar-refractivity contribution >= 4 is 17.3 Å². The Labute approximate surface area is 101 Å². The summed E-state index contributed by atoms with van der Waals surface area (Å²) in [4.78, 5) is 32.4. The molecule has 0 saturated heterocycles. The molecule has 1 rings (SSSR count). The molecule has 0 radical (unpaired) electrons. The molecule has 96 valence electrons. The molecule has 0 aromatic heterocycles. The van der Waals surface area contributed by atoms with E-state index in [0.717, 1.165) is 19.1 Å². The van der Waals surface area contributed by atoms with E-state index >= 15 is 0 Å². The van der Waals surface area contributed by atoms with Gasteiger partial charge < -0.3 is 0 Å². The largest absolute Gasteiger partial charge is 0.296 e. The molecule has 7 heteroatoms. The number of ketones is 2. The minimum Gasteiger partial charge on any atom is -0.293 e. The molecule has 0 heterocycles. The van der Waals surface area contributed by atoms with Crippen LogP contribution in [-0.4, -0.2) is 22.9 Å². The van der Waals surface area contributed by atoms with Crippen molar-refractivity contribution in [2.24, 2.45) is 5.92 Å². The van der Waals surface area contributed by atoms with Crippen molar-refractivity contribution in [2.45, 2.75) is 13.3 Å². The Bertz CT molecular complexity index is 502. The van der Waals surface area contributed by atoms with E-state index in [-0.39, 0.29) is 11.3 Å². The Morgan fingerprint density at radius 1 is 1.33 bits per heavy atom. The third-order valence-corrected chi connectivity index (χ3v) is 2.38. The summed E-state index contributed by atoms with van der Waals surface area (Å²) in [5, 5.41) is 10.5. The van der Waals surface area contributed by atoms with Crippen LogP contribution in [0.3, 0.4) is 0 Å². The molecule has 0 N–H and O–H groups in total. The lowest BCUT2D eigenvalue weighted by atomic mass is 9.95. The van der Waals surface area contributed by atoms with Gasteiger partial charge in [-0.05, 0) is 6.92 Å². The van der Waals surface area contributed by atoms with Crippen LogP contribution >= 0.6 is 0 Å². The zero-order chi connectivity index (χ0) is 13.9. The van der Waals surface area contributed by atoms with Crippen LogP contribution in [0.5, 0.6) is 0 Å². The molecule has 0 fully saturated rings. The summed E-state index contributed by atoms with van der Waals surface area (Å²) in [6, 6.07) is 4.61. The van der Waals surface area contributed by atoms with Gasteiger partial charge in [0.25, 0.3) is 12.1 Å². The molecule has 0 saturated carbocycles. The second-order valence-electron chi connectivity index (χ2n) is 3.60. The lowest BCUT2D eigenvalue weighted by Gasteiger charge is -2.08. The van der Waals surface area contributed by atoms with Gasteiger partial charge in [-0.1, -0.05) is 12.1 Å². The van der Waals surface area contributed by atoms with E-state index < -0.39 is 28.8 Å². The molecule has 1 atom stereocenters. The van der Waals surface area contributed by atoms with Gasteiger partial charge in [0, 0.05) is 17.7 Å². The number of alkyl halides is 2. The molecule has 0 amide bonds. The van der Waals surface area contributed by atoms with Crippen molar-refractivity contribution in [3.8, 4) is 0 Å². The van der Waals surface area contributed by atoms with Gasteiger partial charge in [0.2, 0.25) is 5.78 Å². The molecule has 0 aliphatic heterocycles. The van der Waals surface area contributed by atoms with Crippen LogP contribution in [-0.2, 0) is 4.79 Å². The van der Waals surface area contributed by atoms with E-state index in [2.05, 4.69) is 0 Å². The molecule has 0 aliphatic carbocycles. The first-order valence-corrected chi connectivity index (χ1v) is 4.95. The number of halogens is 2. The summed E-state index contributed by atoms with van der Waals surface area (Å²) >= 11 is 0. The van der Waals surface area contributed by atoms with Gasteiger partial charge in [-0.15, -0.1) is 0 Å². The zero-order valence-corrected chi connectivity index (χ0v) is 9.30. The number of non-ortho nitro benzene ring substituents is 1. The van der Waals surface area contributed by atoms with Crippen molar-refractivity contribution in [3.63, 3.8) is 0 Å². The summed E-state index contributed by atoms with van der Waals surface area (Å²) in [5.74, 6) is -3.87. The Kier molecular flexibility index (Phi) is 4.19. The summed E-state index contributed by atoms with van der Waals surface area (Å²) in [6.07, 6.45) is -3.23. The van der Waals surface area contributed by atoms with Gasteiger partial charge in [-0.2, -0.15) is 0 Å². The number of Topliss-reactive ketones (excluding diaryl/α,β-unsaturated/α-hetero) is 2. The van der Waals surface area contributed by atoms with Crippen LogP contribution in [0.4, 0.5) is 14.5 Å². The van der Waals surface area contributed by atoms with E-state index in [4.69, 9.17) is 0 Å². The van der Waals surface area contributed by atoms with Gasteiger partial charge in [-0.3, -0.25) is 19.7 Å². The van der Waals surface area contributed by atoms with Crippen LogP contribution in [0.2, 0.25) is 0 Å². The topological polar surface area (TPSA) is 77.3 Å². The highest BCUT2D eigenvalue weighted by molar-refractivity contribution is 6.11. The van der Waals surface area contributed by atoms with Crippen molar-refractivity contribution in [3.05, 3.63) is 39.9 Å². The number of benzene rings is 1. The smallest absolute Gasteiger partial charge is 0.293 e. The predicted octanol–water partition coefficient (Wildman–Crippen LogP) is 2.25. The molecule has 18 heavy (non-hydrogen) atoms. The van der Waals surface area contributed by atoms with Crippen LogP contribution in [0.15, 0.2) is 24.3 Å². The first-order chi connectivity index (χ1) is 8.34. The molecule has 5 nitrogen and oxygen atoms in total. The van der Waals surface area contributed by atoms with E-state index in [1.165, 1.54) is 12.1 Å². The second kappa shape index (κ2) is 5.44. The van der Waals surface area contributed by atoms with Gasteiger partial charge in [0.05, 0.1) is 10.8 Å². The minimum absolute atomic E-state index is 0.134. The number of carbonyl (C=O) groups is 2. The quantitative estimate of drug-likeness (QED) is 0.351. The fourth-order valence-electron chi connectivity index (χ4n) is 1.34. The van der Waals surface area contributed by atoms with Gasteiger partial charge >= 0.3 is 0 Å². The average Bonchev–Trinajstić information content (AvgIpc) is 2.36. The highest BCUT2D eigenvalue weighted by Crippen LogP contribution is 2.18. The molecule has 1 unspecified atom stereocenters. The summed E-state index contributed by atoms with van der Waals surface area (Å²) in [6.45, 7) is 1.05. The highest BCUT2D eigenvalue weighted by atomic mass is 19.3. The zero-order valence-electron chi connectivity index (χ0n) is 9.30. The molecule has 0 bridgehead atoms. The highest BCUT2D eigenvalue weighted by Gasteiger charge is 2.29. The Hall–Kier alpha value is -2.18. The second-order valence-corrected chi connectivity index (χ2v) is 3.60. The van der Waals surface area contributed by atoms with Crippen LogP contribution in [0.1, 0.15) is 17.3 Å². The van der Waals surface area contributed by atoms with Gasteiger partial charge in [0.1, 0.15) is 0 Å². The van der Waals surface area contributed by atoms with Crippen molar-refractivity contribution in [1.29, 1.82) is 0 Å².